The molecule has 3 heterocycles. The van der Waals surface area contributed by atoms with Crippen molar-refractivity contribution in [1.29, 1.82) is 0 Å². The summed E-state index contributed by atoms with van der Waals surface area (Å²) in [5, 5.41) is 7.55. The fourth-order valence-electron chi connectivity index (χ4n) is 2.22. The molecule has 2 aromatic heterocycles. The highest BCUT2D eigenvalue weighted by atomic mass is 19.4. The van der Waals surface area contributed by atoms with Gasteiger partial charge in [-0.2, -0.15) is 13.2 Å². The van der Waals surface area contributed by atoms with Gasteiger partial charge in [-0.1, -0.05) is 0 Å². The third-order valence-electron chi connectivity index (χ3n) is 3.28. The lowest BCUT2D eigenvalue weighted by atomic mass is 10.1. The zero-order valence-electron chi connectivity index (χ0n) is 10.7. The van der Waals surface area contributed by atoms with Gasteiger partial charge in [0.05, 0.1) is 17.7 Å². The summed E-state index contributed by atoms with van der Waals surface area (Å²) in [6.07, 6.45) is -1.24. The lowest BCUT2D eigenvalue weighted by Crippen LogP contribution is -2.39. The Morgan fingerprint density at radius 2 is 2.10 bits per heavy atom. The van der Waals surface area contributed by atoms with E-state index in [0.717, 1.165) is 6.07 Å². The van der Waals surface area contributed by atoms with E-state index in [-0.39, 0.29) is 6.54 Å². The van der Waals surface area contributed by atoms with Gasteiger partial charge in [0.2, 0.25) is 0 Å². The molecule has 0 saturated heterocycles. The number of pyridine rings is 1. The molecule has 6 nitrogen and oxygen atoms in total. The van der Waals surface area contributed by atoms with Crippen LogP contribution in [0.3, 0.4) is 0 Å². The molecule has 3 rings (SSSR count). The van der Waals surface area contributed by atoms with Crippen molar-refractivity contribution < 1.29 is 18.0 Å². The highest BCUT2D eigenvalue weighted by molar-refractivity contribution is 5.95. The molecule has 2 aromatic rings. The van der Waals surface area contributed by atoms with Crippen LogP contribution in [0.25, 0.3) is 0 Å². The Labute approximate surface area is 117 Å². The lowest BCUT2D eigenvalue weighted by molar-refractivity contribution is -0.138. The second-order valence-electron chi connectivity index (χ2n) is 4.59. The van der Waals surface area contributed by atoms with Crippen LogP contribution in [0.1, 0.15) is 21.7 Å². The summed E-state index contributed by atoms with van der Waals surface area (Å²) >= 11 is 0. The molecule has 21 heavy (non-hydrogen) atoms. The van der Waals surface area contributed by atoms with Gasteiger partial charge in [-0.05, 0) is 6.07 Å². The molecule has 0 N–H and O–H groups in total. The molecule has 0 spiro atoms. The van der Waals surface area contributed by atoms with Crippen molar-refractivity contribution in [2.24, 2.45) is 0 Å². The van der Waals surface area contributed by atoms with E-state index in [0.29, 0.717) is 25.1 Å². The molecule has 0 radical (unpaired) electrons. The average molecular weight is 297 g/mol. The van der Waals surface area contributed by atoms with Crippen molar-refractivity contribution >= 4 is 5.91 Å². The summed E-state index contributed by atoms with van der Waals surface area (Å²) in [4.78, 5) is 17.1. The quantitative estimate of drug-likeness (QED) is 0.797. The molecule has 0 bridgehead atoms. The summed E-state index contributed by atoms with van der Waals surface area (Å²) in [6, 6.07) is 1.09. The second-order valence-corrected chi connectivity index (χ2v) is 4.59. The van der Waals surface area contributed by atoms with Crippen molar-refractivity contribution in [1.82, 2.24) is 24.6 Å². The number of carbonyl (C=O) groups excluding carboxylic acids is 1. The summed E-state index contributed by atoms with van der Waals surface area (Å²) in [5.41, 5.74) is -1.42. The average Bonchev–Trinajstić information content (AvgIpc) is 2.93. The summed E-state index contributed by atoms with van der Waals surface area (Å²) in [5.74, 6) is -0.129. The largest absolute Gasteiger partial charge is 0.418 e. The normalized spacial score (nSPS) is 14.9. The van der Waals surface area contributed by atoms with E-state index >= 15 is 0 Å². The van der Waals surface area contributed by atoms with Crippen LogP contribution in [0, 0.1) is 0 Å². The van der Waals surface area contributed by atoms with Crippen LogP contribution in [0.2, 0.25) is 0 Å². The second kappa shape index (κ2) is 4.83. The molecule has 0 atom stereocenters. The van der Waals surface area contributed by atoms with E-state index < -0.39 is 23.2 Å². The first kappa shape index (κ1) is 13.5. The zero-order chi connectivity index (χ0) is 15.0. The van der Waals surface area contributed by atoms with E-state index in [4.69, 9.17) is 0 Å². The summed E-state index contributed by atoms with van der Waals surface area (Å²) in [7, 11) is 0. The number of hydrogen-bond acceptors (Lipinski definition) is 4. The van der Waals surface area contributed by atoms with Gasteiger partial charge in [0.15, 0.2) is 5.82 Å². The molecule has 0 saturated carbocycles. The molecule has 0 unspecified atom stereocenters. The van der Waals surface area contributed by atoms with Crippen molar-refractivity contribution in [2.75, 3.05) is 6.54 Å². The molecule has 1 aliphatic rings. The van der Waals surface area contributed by atoms with E-state index in [1.54, 1.807) is 4.57 Å². The van der Waals surface area contributed by atoms with Crippen LogP contribution in [-0.4, -0.2) is 37.1 Å². The van der Waals surface area contributed by atoms with E-state index in [1.165, 1.54) is 17.4 Å². The minimum atomic E-state index is -4.62. The van der Waals surface area contributed by atoms with Crippen LogP contribution in [0.5, 0.6) is 0 Å². The molecular formula is C12H10F3N5O. The number of aromatic nitrogens is 4. The topological polar surface area (TPSA) is 63.9 Å². The van der Waals surface area contributed by atoms with Crippen LogP contribution in [0.15, 0.2) is 24.8 Å². The van der Waals surface area contributed by atoms with Crippen molar-refractivity contribution in [3.63, 3.8) is 0 Å². The molecule has 0 fully saturated rings. The Bertz CT molecular complexity index is 682. The van der Waals surface area contributed by atoms with Crippen LogP contribution in [0.4, 0.5) is 13.2 Å². The number of carbonyl (C=O) groups is 1. The lowest BCUT2D eigenvalue weighted by Gasteiger charge is -2.27. The third-order valence-corrected chi connectivity index (χ3v) is 3.28. The molecule has 0 aliphatic carbocycles. The summed E-state index contributed by atoms with van der Waals surface area (Å²) in [6.45, 7) is 0.905. The van der Waals surface area contributed by atoms with Gasteiger partial charge in [0.25, 0.3) is 5.91 Å². The van der Waals surface area contributed by atoms with Gasteiger partial charge in [-0.15, -0.1) is 10.2 Å². The first-order valence-electron chi connectivity index (χ1n) is 6.14. The van der Waals surface area contributed by atoms with Gasteiger partial charge in [-0.25, -0.2) is 0 Å². The van der Waals surface area contributed by atoms with Crippen LogP contribution >= 0.6 is 0 Å². The number of fused-ring (bicyclic) bond motifs is 1. The molecular weight excluding hydrogens is 287 g/mol. The van der Waals surface area contributed by atoms with Gasteiger partial charge < -0.3 is 9.47 Å². The van der Waals surface area contributed by atoms with Crippen molar-refractivity contribution in [2.45, 2.75) is 19.3 Å². The summed E-state index contributed by atoms with van der Waals surface area (Å²) < 4.78 is 40.5. The SMILES string of the molecule is O=C(c1ccncc1C(F)(F)F)N1CCn2cnnc2C1. The molecule has 0 aromatic carbocycles. The van der Waals surface area contributed by atoms with E-state index in [1.807, 2.05) is 0 Å². The Hall–Kier alpha value is -2.45. The van der Waals surface area contributed by atoms with Crippen LogP contribution in [-0.2, 0) is 19.3 Å². The highest BCUT2D eigenvalue weighted by Crippen LogP contribution is 2.32. The van der Waals surface area contributed by atoms with Gasteiger partial charge in [0.1, 0.15) is 6.33 Å². The van der Waals surface area contributed by atoms with Crippen molar-refractivity contribution in [3.05, 3.63) is 41.7 Å². The predicted octanol–water partition coefficient (Wildman–Crippen LogP) is 1.35. The van der Waals surface area contributed by atoms with Crippen LogP contribution < -0.4 is 0 Å². The van der Waals surface area contributed by atoms with Gasteiger partial charge in [0, 0.05) is 25.5 Å². The van der Waals surface area contributed by atoms with E-state index in [9.17, 15) is 18.0 Å². The Balaban J connectivity index is 1.90. The molecule has 9 heteroatoms. The number of amides is 1. The van der Waals surface area contributed by atoms with Gasteiger partial charge >= 0.3 is 6.18 Å². The van der Waals surface area contributed by atoms with E-state index in [2.05, 4.69) is 15.2 Å². The third kappa shape index (κ3) is 2.46. The maximum absolute atomic E-state index is 12.9. The number of nitrogens with zero attached hydrogens (tertiary/aromatic N) is 5. The predicted molar refractivity (Wildman–Crippen MR) is 64.0 cm³/mol. The monoisotopic (exact) mass is 297 g/mol. The zero-order valence-corrected chi connectivity index (χ0v) is 10.7. The minimum Gasteiger partial charge on any atom is -0.329 e. The minimum absolute atomic E-state index is 0.137. The Morgan fingerprint density at radius 3 is 2.86 bits per heavy atom. The maximum atomic E-state index is 12.9. The smallest absolute Gasteiger partial charge is 0.329 e. The standard InChI is InChI=1S/C12H10F3N5O/c13-12(14,15)9-5-16-2-1-8(9)11(21)19-3-4-20-7-17-18-10(20)6-19/h1-2,5,7H,3-4,6H2. The molecule has 110 valence electrons. The fraction of sp³-hybridized carbons (Fsp3) is 0.333. The molecule has 1 amide bonds. The molecule has 1 aliphatic heterocycles. The Kier molecular flexibility index (Phi) is 3.11. The fourth-order valence-corrected chi connectivity index (χ4v) is 2.22. The number of halogens is 3. The number of rotatable bonds is 1. The highest BCUT2D eigenvalue weighted by Gasteiger charge is 2.37. The maximum Gasteiger partial charge on any atom is 0.418 e. The van der Waals surface area contributed by atoms with Gasteiger partial charge in [-0.3, -0.25) is 9.78 Å². The first-order valence-corrected chi connectivity index (χ1v) is 6.14. The first-order chi connectivity index (χ1) is 9.97. The number of hydrogen-bond donors (Lipinski definition) is 0. The number of alkyl halides is 3. The Morgan fingerprint density at radius 1 is 1.29 bits per heavy atom. The van der Waals surface area contributed by atoms with Crippen molar-refractivity contribution in [3.8, 4) is 0 Å².